The van der Waals surface area contributed by atoms with Crippen LogP contribution in [0.1, 0.15) is 19.3 Å². The van der Waals surface area contributed by atoms with E-state index in [4.69, 9.17) is 5.73 Å². The molecule has 98 valence electrons. The minimum atomic E-state index is 0.865. The number of hydrogen-bond donors (Lipinski definition) is 1. The van der Waals surface area contributed by atoms with Gasteiger partial charge in [0.05, 0.1) is 0 Å². The first kappa shape index (κ1) is 11.8. The van der Waals surface area contributed by atoms with Crippen LogP contribution >= 0.6 is 0 Å². The van der Waals surface area contributed by atoms with Crippen molar-refractivity contribution < 1.29 is 0 Å². The predicted molar refractivity (Wildman–Crippen MR) is 76.8 cm³/mol. The molecular weight excluding hydrogens is 222 g/mol. The normalized spacial score (nSPS) is 21.2. The zero-order valence-corrected chi connectivity index (χ0v) is 11.0. The topological polar surface area (TPSA) is 32.5 Å². The molecule has 1 saturated heterocycles. The number of benzene rings is 1. The Bertz CT molecular complexity index is 392. The Morgan fingerprint density at radius 2 is 1.89 bits per heavy atom. The smallest absolute Gasteiger partial charge is 0.0387 e. The van der Waals surface area contributed by atoms with Gasteiger partial charge in [-0.25, -0.2) is 0 Å². The average Bonchev–Trinajstić information content (AvgIpc) is 3.21. The summed E-state index contributed by atoms with van der Waals surface area (Å²) < 4.78 is 0. The molecule has 1 saturated carbocycles. The quantitative estimate of drug-likeness (QED) is 0.825. The van der Waals surface area contributed by atoms with Crippen LogP contribution in [0.2, 0.25) is 0 Å². The number of nitrogen functional groups attached to an aromatic ring is 1. The third kappa shape index (κ3) is 2.96. The molecule has 0 unspecified atom stereocenters. The molecule has 3 heteroatoms. The molecule has 0 aromatic heterocycles. The van der Waals surface area contributed by atoms with Gasteiger partial charge in [-0.2, -0.15) is 0 Å². The van der Waals surface area contributed by atoms with Gasteiger partial charge in [0.2, 0.25) is 0 Å². The van der Waals surface area contributed by atoms with Crippen LogP contribution in [0.3, 0.4) is 0 Å². The van der Waals surface area contributed by atoms with Crippen LogP contribution in [-0.2, 0) is 0 Å². The van der Waals surface area contributed by atoms with Gasteiger partial charge in [0.1, 0.15) is 0 Å². The second-order valence-electron chi connectivity index (χ2n) is 5.66. The van der Waals surface area contributed by atoms with E-state index in [0.717, 1.165) is 24.7 Å². The summed E-state index contributed by atoms with van der Waals surface area (Å²) in [5, 5.41) is 0. The number of nitrogens with two attached hydrogens (primary N) is 1. The number of hydrogen-bond acceptors (Lipinski definition) is 3. The molecule has 0 bridgehead atoms. The van der Waals surface area contributed by atoms with Crippen molar-refractivity contribution in [3.8, 4) is 0 Å². The highest BCUT2D eigenvalue weighted by molar-refractivity contribution is 5.56. The molecule has 1 aromatic carbocycles. The van der Waals surface area contributed by atoms with Crippen molar-refractivity contribution >= 4 is 11.4 Å². The van der Waals surface area contributed by atoms with E-state index in [1.807, 2.05) is 12.1 Å². The first-order valence-electron chi connectivity index (χ1n) is 7.14. The third-order valence-electron chi connectivity index (χ3n) is 4.16. The Hall–Kier alpha value is -1.22. The molecule has 0 spiro atoms. The lowest BCUT2D eigenvalue weighted by Gasteiger charge is -2.36. The summed E-state index contributed by atoms with van der Waals surface area (Å²) >= 11 is 0. The Balaban J connectivity index is 1.49. The fourth-order valence-corrected chi connectivity index (χ4v) is 2.72. The number of rotatable bonds is 4. The van der Waals surface area contributed by atoms with Gasteiger partial charge in [-0.3, -0.25) is 4.90 Å². The Morgan fingerprint density at radius 1 is 1.11 bits per heavy atom. The second-order valence-corrected chi connectivity index (χ2v) is 5.66. The summed E-state index contributed by atoms with van der Waals surface area (Å²) in [6.45, 7) is 5.96. The highest BCUT2D eigenvalue weighted by atomic mass is 15.3. The molecule has 1 aliphatic heterocycles. The predicted octanol–water partition coefficient (Wildman–Crippen LogP) is 2.19. The van der Waals surface area contributed by atoms with E-state index in [-0.39, 0.29) is 0 Å². The highest BCUT2D eigenvalue weighted by Gasteiger charge is 2.23. The summed E-state index contributed by atoms with van der Waals surface area (Å²) in [6.07, 6.45) is 4.37. The molecule has 18 heavy (non-hydrogen) atoms. The molecule has 3 nitrogen and oxygen atoms in total. The number of piperazine rings is 1. The lowest BCUT2D eigenvalue weighted by atomic mass is 10.2. The van der Waals surface area contributed by atoms with Gasteiger partial charge in [0.25, 0.3) is 0 Å². The Kier molecular flexibility index (Phi) is 3.41. The number of anilines is 2. The SMILES string of the molecule is Nc1cccc(N2CCN(CCC3CC3)CC2)c1. The average molecular weight is 245 g/mol. The maximum Gasteiger partial charge on any atom is 0.0387 e. The van der Waals surface area contributed by atoms with Crippen molar-refractivity contribution in [3.05, 3.63) is 24.3 Å². The van der Waals surface area contributed by atoms with Gasteiger partial charge in [-0.05, 0) is 37.1 Å². The van der Waals surface area contributed by atoms with E-state index < -0.39 is 0 Å². The maximum absolute atomic E-state index is 5.84. The third-order valence-corrected chi connectivity index (χ3v) is 4.16. The van der Waals surface area contributed by atoms with Crippen LogP contribution in [-0.4, -0.2) is 37.6 Å². The van der Waals surface area contributed by atoms with Crippen molar-refractivity contribution in [1.82, 2.24) is 4.90 Å². The summed E-state index contributed by atoms with van der Waals surface area (Å²) in [4.78, 5) is 5.06. The number of nitrogens with zero attached hydrogens (tertiary/aromatic N) is 2. The van der Waals surface area contributed by atoms with Crippen LogP contribution in [0.4, 0.5) is 11.4 Å². The largest absolute Gasteiger partial charge is 0.399 e. The van der Waals surface area contributed by atoms with Crippen molar-refractivity contribution in [2.24, 2.45) is 5.92 Å². The molecule has 2 N–H and O–H groups in total. The van der Waals surface area contributed by atoms with E-state index >= 15 is 0 Å². The van der Waals surface area contributed by atoms with Crippen LogP contribution in [0.15, 0.2) is 24.3 Å². The summed E-state index contributed by atoms with van der Waals surface area (Å²) in [5.74, 6) is 1.05. The van der Waals surface area contributed by atoms with Gasteiger partial charge >= 0.3 is 0 Å². The van der Waals surface area contributed by atoms with Crippen molar-refractivity contribution in [2.45, 2.75) is 19.3 Å². The second kappa shape index (κ2) is 5.19. The van der Waals surface area contributed by atoms with Crippen molar-refractivity contribution in [2.75, 3.05) is 43.4 Å². The lowest BCUT2D eigenvalue weighted by Crippen LogP contribution is -2.46. The van der Waals surface area contributed by atoms with E-state index in [1.165, 1.54) is 44.6 Å². The molecular formula is C15H23N3. The van der Waals surface area contributed by atoms with E-state index in [1.54, 1.807) is 0 Å². The molecule has 0 atom stereocenters. The van der Waals surface area contributed by atoms with Crippen molar-refractivity contribution in [3.63, 3.8) is 0 Å². The molecule has 0 radical (unpaired) electrons. The van der Waals surface area contributed by atoms with Crippen LogP contribution < -0.4 is 10.6 Å². The molecule has 2 fully saturated rings. The lowest BCUT2D eigenvalue weighted by molar-refractivity contribution is 0.250. The van der Waals surface area contributed by atoms with E-state index in [2.05, 4.69) is 21.9 Å². The fraction of sp³-hybridized carbons (Fsp3) is 0.600. The van der Waals surface area contributed by atoms with Gasteiger partial charge in [-0.15, -0.1) is 0 Å². The van der Waals surface area contributed by atoms with Crippen LogP contribution in [0.5, 0.6) is 0 Å². The van der Waals surface area contributed by atoms with Crippen molar-refractivity contribution in [1.29, 1.82) is 0 Å². The first-order chi connectivity index (χ1) is 8.81. The molecule has 1 aliphatic carbocycles. The monoisotopic (exact) mass is 245 g/mol. The molecule has 0 amide bonds. The minimum absolute atomic E-state index is 0.865. The van der Waals surface area contributed by atoms with Gasteiger partial charge in [0, 0.05) is 37.6 Å². The Labute approximate surface area is 110 Å². The fourth-order valence-electron chi connectivity index (χ4n) is 2.72. The van der Waals surface area contributed by atoms with Gasteiger partial charge in [-0.1, -0.05) is 18.9 Å². The van der Waals surface area contributed by atoms with Crippen LogP contribution in [0, 0.1) is 5.92 Å². The molecule has 3 rings (SSSR count). The van der Waals surface area contributed by atoms with Gasteiger partial charge < -0.3 is 10.6 Å². The zero-order chi connectivity index (χ0) is 12.4. The van der Waals surface area contributed by atoms with E-state index in [0.29, 0.717) is 0 Å². The maximum atomic E-state index is 5.84. The van der Waals surface area contributed by atoms with Gasteiger partial charge in [0.15, 0.2) is 0 Å². The zero-order valence-electron chi connectivity index (χ0n) is 11.0. The molecule has 1 aromatic rings. The molecule has 2 aliphatic rings. The minimum Gasteiger partial charge on any atom is -0.399 e. The van der Waals surface area contributed by atoms with E-state index in [9.17, 15) is 0 Å². The summed E-state index contributed by atoms with van der Waals surface area (Å²) in [7, 11) is 0. The molecule has 1 heterocycles. The summed E-state index contributed by atoms with van der Waals surface area (Å²) in [5.41, 5.74) is 7.98. The first-order valence-corrected chi connectivity index (χ1v) is 7.14. The van der Waals surface area contributed by atoms with Crippen LogP contribution in [0.25, 0.3) is 0 Å². The summed E-state index contributed by atoms with van der Waals surface area (Å²) in [6, 6.07) is 8.25. The highest BCUT2D eigenvalue weighted by Crippen LogP contribution is 2.32. The standard InChI is InChI=1S/C15H23N3/c16-14-2-1-3-15(12-14)18-10-8-17(9-11-18)7-6-13-4-5-13/h1-3,12-13H,4-11,16H2. The Morgan fingerprint density at radius 3 is 2.56 bits per heavy atom.